The number of carboxylic acid groups (broad SMARTS) is 1. The van der Waals surface area contributed by atoms with Crippen molar-refractivity contribution in [2.24, 2.45) is 0 Å². The summed E-state index contributed by atoms with van der Waals surface area (Å²) in [6.45, 7) is 4.72. The molecule has 4 heteroatoms. The molecule has 0 aromatic heterocycles. The molecule has 1 aliphatic heterocycles. The second-order valence-electron chi connectivity index (χ2n) is 3.52. The van der Waals surface area contributed by atoms with Crippen LogP contribution in [0.5, 0.6) is 0 Å². The Hall–Kier alpha value is -1.39. The molecule has 0 radical (unpaired) electrons. The maximum Gasteiger partial charge on any atom is 0.300 e. The van der Waals surface area contributed by atoms with E-state index in [1.165, 1.54) is 5.56 Å². The zero-order valence-corrected chi connectivity index (χ0v) is 10.4. The van der Waals surface area contributed by atoms with Crippen molar-refractivity contribution in [1.82, 2.24) is 0 Å². The van der Waals surface area contributed by atoms with Crippen LogP contribution in [0.15, 0.2) is 30.3 Å². The summed E-state index contributed by atoms with van der Waals surface area (Å²) in [5.41, 5.74) is 1.32. The van der Waals surface area contributed by atoms with Crippen LogP contribution >= 0.6 is 0 Å². The monoisotopic (exact) mass is 240 g/mol. The fourth-order valence-corrected chi connectivity index (χ4v) is 0.974. The standard InChI is InChI=1S/C7H8.C4H8O2.C2H4O2/c1-7-5-3-2-4-6-7;1-2-4-6-5-3-1;1-2(3)4/h2-6H,1H3;1-4H2;1H3,(H,3,4). The third-order valence-electron chi connectivity index (χ3n) is 1.73. The molecular weight excluding hydrogens is 220 g/mol. The van der Waals surface area contributed by atoms with Crippen molar-refractivity contribution >= 4 is 5.97 Å². The lowest BCUT2D eigenvalue weighted by Gasteiger charge is -2.07. The Kier molecular flexibility index (Phi) is 10.2. The van der Waals surface area contributed by atoms with Gasteiger partial charge in [-0.25, -0.2) is 9.78 Å². The van der Waals surface area contributed by atoms with Crippen LogP contribution in [0.2, 0.25) is 0 Å². The topological polar surface area (TPSA) is 55.8 Å². The van der Waals surface area contributed by atoms with Crippen LogP contribution in [0.3, 0.4) is 0 Å². The van der Waals surface area contributed by atoms with Crippen LogP contribution in [-0.4, -0.2) is 24.3 Å². The fourth-order valence-electron chi connectivity index (χ4n) is 0.974. The SMILES string of the molecule is C1CCOOC1.CC(=O)O.Cc1ccccc1. The summed E-state index contributed by atoms with van der Waals surface area (Å²) in [7, 11) is 0. The molecule has 1 heterocycles. The van der Waals surface area contributed by atoms with Crippen molar-refractivity contribution in [3.63, 3.8) is 0 Å². The van der Waals surface area contributed by atoms with Crippen LogP contribution in [0, 0.1) is 6.92 Å². The third kappa shape index (κ3) is 14.6. The van der Waals surface area contributed by atoms with E-state index in [0.717, 1.165) is 33.0 Å². The Morgan fingerprint density at radius 3 is 1.71 bits per heavy atom. The first kappa shape index (κ1) is 15.6. The lowest BCUT2D eigenvalue weighted by Crippen LogP contribution is -2.05. The van der Waals surface area contributed by atoms with Crippen LogP contribution in [-0.2, 0) is 14.6 Å². The molecular formula is C13H20O4. The third-order valence-corrected chi connectivity index (χ3v) is 1.73. The molecule has 4 nitrogen and oxygen atoms in total. The molecule has 2 rings (SSSR count). The number of aryl methyl sites for hydroxylation is 1. The van der Waals surface area contributed by atoms with Gasteiger partial charge in [-0.2, -0.15) is 0 Å². The summed E-state index contributed by atoms with van der Waals surface area (Å²) in [6.07, 6.45) is 2.31. The molecule has 1 aliphatic rings. The number of benzene rings is 1. The molecule has 0 saturated carbocycles. The van der Waals surface area contributed by atoms with Crippen molar-refractivity contribution in [3.8, 4) is 0 Å². The maximum absolute atomic E-state index is 9.00. The van der Waals surface area contributed by atoms with Gasteiger partial charge in [0.2, 0.25) is 0 Å². The number of aliphatic carboxylic acids is 1. The molecule has 1 aromatic carbocycles. The predicted octanol–water partition coefficient (Wildman–Crippen LogP) is 2.81. The van der Waals surface area contributed by atoms with E-state index in [1.807, 2.05) is 18.2 Å². The van der Waals surface area contributed by atoms with E-state index in [-0.39, 0.29) is 0 Å². The normalized spacial score (nSPS) is 13.5. The van der Waals surface area contributed by atoms with Gasteiger partial charge in [0.25, 0.3) is 5.97 Å². The number of hydrogen-bond donors (Lipinski definition) is 1. The van der Waals surface area contributed by atoms with Crippen molar-refractivity contribution in [1.29, 1.82) is 0 Å². The van der Waals surface area contributed by atoms with Gasteiger partial charge < -0.3 is 5.11 Å². The summed E-state index contributed by atoms with van der Waals surface area (Å²) in [4.78, 5) is 18.1. The Balaban J connectivity index is 0.000000236. The molecule has 17 heavy (non-hydrogen) atoms. The lowest BCUT2D eigenvalue weighted by molar-refractivity contribution is -0.312. The lowest BCUT2D eigenvalue weighted by atomic mass is 10.2. The zero-order valence-electron chi connectivity index (χ0n) is 10.4. The molecule has 1 aromatic rings. The second-order valence-corrected chi connectivity index (χ2v) is 3.52. The second kappa shape index (κ2) is 11.1. The van der Waals surface area contributed by atoms with E-state index in [2.05, 4.69) is 28.8 Å². The Labute approximate surface area is 102 Å². The van der Waals surface area contributed by atoms with Crippen LogP contribution in [0.25, 0.3) is 0 Å². The molecule has 0 spiro atoms. The zero-order chi connectivity index (χ0) is 12.9. The minimum Gasteiger partial charge on any atom is -0.481 e. The minimum absolute atomic E-state index is 0.778. The minimum atomic E-state index is -0.833. The molecule has 0 unspecified atom stereocenters. The van der Waals surface area contributed by atoms with Crippen molar-refractivity contribution in [2.75, 3.05) is 13.2 Å². The highest BCUT2D eigenvalue weighted by molar-refractivity contribution is 5.62. The van der Waals surface area contributed by atoms with Crippen molar-refractivity contribution in [2.45, 2.75) is 26.7 Å². The van der Waals surface area contributed by atoms with Crippen molar-refractivity contribution in [3.05, 3.63) is 35.9 Å². The smallest absolute Gasteiger partial charge is 0.300 e. The quantitative estimate of drug-likeness (QED) is 0.708. The largest absolute Gasteiger partial charge is 0.481 e. The highest BCUT2D eigenvalue weighted by Crippen LogP contribution is 1.97. The summed E-state index contributed by atoms with van der Waals surface area (Å²) in [5, 5.41) is 7.42. The van der Waals surface area contributed by atoms with Crippen LogP contribution in [0.1, 0.15) is 25.3 Å². The number of hydrogen-bond acceptors (Lipinski definition) is 3. The van der Waals surface area contributed by atoms with Gasteiger partial charge in [0, 0.05) is 6.92 Å². The van der Waals surface area contributed by atoms with E-state index in [9.17, 15) is 0 Å². The highest BCUT2D eigenvalue weighted by atomic mass is 17.2. The molecule has 0 bridgehead atoms. The molecule has 1 fully saturated rings. The van der Waals surface area contributed by atoms with Gasteiger partial charge in [0.15, 0.2) is 0 Å². The number of carbonyl (C=O) groups is 1. The predicted molar refractivity (Wildman–Crippen MR) is 65.6 cm³/mol. The van der Waals surface area contributed by atoms with E-state index >= 15 is 0 Å². The van der Waals surface area contributed by atoms with Gasteiger partial charge in [-0.3, -0.25) is 4.79 Å². The molecule has 96 valence electrons. The highest BCUT2D eigenvalue weighted by Gasteiger charge is 1.95. The van der Waals surface area contributed by atoms with Crippen LogP contribution in [0.4, 0.5) is 0 Å². The van der Waals surface area contributed by atoms with E-state index in [0.29, 0.717) is 0 Å². The summed E-state index contributed by atoms with van der Waals surface area (Å²) in [6, 6.07) is 10.3. The van der Waals surface area contributed by atoms with Gasteiger partial charge >= 0.3 is 0 Å². The maximum atomic E-state index is 9.00. The average Bonchev–Trinajstić information content (AvgIpc) is 2.32. The molecule has 0 aliphatic carbocycles. The van der Waals surface area contributed by atoms with Gasteiger partial charge in [0.05, 0.1) is 13.2 Å². The Bertz CT molecular complexity index is 265. The summed E-state index contributed by atoms with van der Waals surface area (Å²) in [5.74, 6) is -0.833. The molecule has 0 amide bonds. The first-order valence-corrected chi connectivity index (χ1v) is 5.58. The molecule has 1 saturated heterocycles. The first-order valence-electron chi connectivity index (χ1n) is 5.58. The average molecular weight is 240 g/mol. The molecule has 1 N–H and O–H groups in total. The number of rotatable bonds is 0. The summed E-state index contributed by atoms with van der Waals surface area (Å²) < 4.78 is 0. The van der Waals surface area contributed by atoms with Gasteiger partial charge in [0.1, 0.15) is 0 Å². The summed E-state index contributed by atoms with van der Waals surface area (Å²) >= 11 is 0. The van der Waals surface area contributed by atoms with Crippen molar-refractivity contribution < 1.29 is 19.7 Å². The van der Waals surface area contributed by atoms with Gasteiger partial charge in [-0.05, 0) is 19.8 Å². The Morgan fingerprint density at radius 1 is 1.12 bits per heavy atom. The van der Waals surface area contributed by atoms with E-state index < -0.39 is 5.97 Å². The first-order chi connectivity index (χ1) is 8.13. The van der Waals surface area contributed by atoms with E-state index in [1.54, 1.807) is 0 Å². The Morgan fingerprint density at radius 2 is 1.53 bits per heavy atom. The van der Waals surface area contributed by atoms with Crippen LogP contribution < -0.4 is 0 Å². The van der Waals surface area contributed by atoms with Gasteiger partial charge in [-0.1, -0.05) is 35.9 Å². The van der Waals surface area contributed by atoms with E-state index in [4.69, 9.17) is 9.90 Å². The fraction of sp³-hybridized carbons (Fsp3) is 0.462. The molecule has 0 atom stereocenters. The van der Waals surface area contributed by atoms with Gasteiger partial charge in [-0.15, -0.1) is 0 Å². The number of carboxylic acids is 1.